The molecule has 0 spiro atoms. The first-order valence-electron chi connectivity index (χ1n) is 6.19. The van der Waals surface area contributed by atoms with E-state index in [4.69, 9.17) is 45.4 Å². The van der Waals surface area contributed by atoms with Gasteiger partial charge < -0.3 is 4.74 Å². The predicted molar refractivity (Wildman–Crippen MR) is 84.7 cm³/mol. The van der Waals surface area contributed by atoms with Crippen molar-refractivity contribution >= 4 is 34.8 Å². The Labute approximate surface area is 137 Å². The lowest BCUT2D eigenvalue weighted by atomic mass is 10.0. The Hall–Kier alpha value is -0.820. The highest BCUT2D eigenvalue weighted by atomic mass is 35.5. The second-order valence-electron chi connectivity index (χ2n) is 4.37. The Balaban J connectivity index is 2.40. The van der Waals surface area contributed by atoms with Crippen molar-refractivity contribution < 1.29 is 4.74 Å². The molecule has 8 heteroatoms. The van der Waals surface area contributed by atoms with E-state index in [0.717, 1.165) is 11.3 Å². The van der Waals surface area contributed by atoms with Gasteiger partial charge in [-0.1, -0.05) is 40.9 Å². The fourth-order valence-corrected chi connectivity index (χ4v) is 2.60. The number of hydrogen-bond acceptors (Lipinski definition) is 4. The average Bonchev–Trinajstić information content (AvgIpc) is 2.83. The van der Waals surface area contributed by atoms with Gasteiger partial charge in [0.05, 0.1) is 46.2 Å². The molecule has 0 amide bonds. The molecular weight excluding hydrogens is 335 g/mol. The van der Waals surface area contributed by atoms with E-state index in [9.17, 15) is 0 Å². The molecule has 0 fully saturated rings. The average molecular weight is 350 g/mol. The summed E-state index contributed by atoms with van der Waals surface area (Å²) in [6.07, 6.45) is 1.58. The van der Waals surface area contributed by atoms with Crippen LogP contribution in [0.4, 0.5) is 0 Å². The van der Waals surface area contributed by atoms with Gasteiger partial charge >= 0.3 is 0 Å². The van der Waals surface area contributed by atoms with Gasteiger partial charge in [0.2, 0.25) is 0 Å². The summed E-state index contributed by atoms with van der Waals surface area (Å²) in [5.74, 6) is 5.69. The standard InChI is InChI=1S/C13H15Cl3N4O/c1-21-5-4-20-13(11(16)7-18-20)12(19-17)8-2-3-9(14)10(15)6-8/h2-3,6-7,12,19H,4-5,17H2,1H3. The third-order valence-electron chi connectivity index (χ3n) is 3.06. The minimum atomic E-state index is -0.355. The fourth-order valence-electron chi connectivity index (χ4n) is 2.04. The normalized spacial score (nSPS) is 12.6. The lowest BCUT2D eigenvalue weighted by molar-refractivity contribution is 0.182. The van der Waals surface area contributed by atoms with Crippen molar-refractivity contribution in [2.24, 2.45) is 5.84 Å². The molecule has 0 saturated heterocycles. The summed E-state index contributed by atoms with van der Waals surface area (Å²) in [5.41, 5.74) is 4.32. The molecular formula is C13H15Cl3N4O. The number of halogens is 3. The Morgan fingerprint density at radius 2 is 2.05 bits per heavy atom. The zero-order valence-electron chi connectivity index (χ0n) is 11.3. The quantitative estimate of drug-likeness (QED) is 0.621. The number of nitrogens with one attached hydrogen (secondary N) is 1. The number of ether oxygens (including phenoxy) is 1. The molecule has 1 heterocycles. The number of hydrazine groups is 1. The molecule has 1 unspecified atom stereocenters. The van der Waals surface area contributed by atoms with E-state index in [1.165, 1.54) is 0 Å². The summed E-state index contributed by atoms with van der Waals surface area (Å²) in [6.45, 7) is 1.09. The predicted octanol–water partition coefficient (Wildman–Crippen LogP) is 3.04. The van der Waals surface area contributed by atoms with E-state index in [-0.39, 0.29) is 6.04 Å². The van der Waals surface area contributed by atoms with E-state index >= 15 is 0 Å². The summed E-state index contributed by atoms with van der Waals surface area (Å²) in [4.78, 5) is 0. The third kappa shape index (κ3) is 3.69. The van der Waals surface area contributed by atoms with Crippen LogP contribution < -0.4 is 11.3 Å². The van der Waals surface area contributed by atoms with Crippen molar-refractivity contribution in [1.29, 1.82) is 0 Å². The first-order valence-corrected chi connectivity index (χ1v) is 7.33. The van der Waals surface area contributed by atoms with Crippen molar-refractivity contribution in [3.63, 3.8) is 0 Å². The molecule has 0 aliphatic heterocycles. The number of rotatable bonds is 6. The molecule has 114 valence electrons. The van der Waals surface area contributed by atoms with Crippen LogP contribution in [0.2, 0.25) is 15.1 Å². The Kier molecular flexibility index (Phi) is 5.87. The number of benzene rings is 1. The van der Waals surface area contributed by atoms with Crippen molar-refractivity contribution in [3.05, 3.63) is 50.7 Å². The van der Waals surface area contributed by atoms with Gasteiger partial charge in [-0.3, -0.25) is 10.5 Å². The van der Waals surface area contributed by atoms with Crippen LogP contribution in [-0.2, 0) is 11.3 Å². The van der Waals surface area contributed by atoms with Crippen LogP contribution in [0.3, 0.4) is 0 Å². The molecule has 1 aromatic heterocycles. The van der Waals surface area contributed by atoms with Crippen LogP contribution in [0.1, 0.15) is 17.3 Å². The molecule has 0 aliphatic rings. The van der Waals surface area contributed by atoms with E-state index in [1.54, 1.807) is 30.1 Å². The van der Waals surface area contributed by atoms with Crippen molar-refractivity contribution in [1.82, 2.24) is 15.2 Å². The van der Waals surface area contributed by atoms with Crippen molar-refractivity contribution in [2.75, 3.05) is 13.7 Å². The van der Waals surface area contributed by atoms with Gasteiger partial charge in [0, 0.05) is 7.11 Å². The van der Waals surface area contributed by atoms with Crippen LogP contribution in [0.5, 0.6) is 0 Å². The maximum absolute atomic E-state index is 6.24. The summed E-state index contributed by atoms with van der Waals surface area (Å²) in [7, 11) is 1.63. The van der Waals surface area contributed by atoms with Gasteiger partial charge in [-0.15, -0.1) is 0 Å². The minimum absolute atomic E-state index is 0.355. The van der Waals surface area contributed by atoms with Crippen LogP contribution >= 0.6 is 34.8 Å². The maximum atomic E-state index is 6.24. The molecule has 1 atom stereocenters. The first-order chi connectivity index (χ1) is 10.1. The van der Waals surface area contributed by atoms with Gasteiger partial charge in [-0.2, -0.15) is 5.10 Å². The summed E-state index contributed by atoms with van der Waals surface area (Å²) in [6, 6.07) is 4.95. The Morgan fingerprint density at radius 1 is 1.29 bits per heavy atom. The lowest BCUT2D eigenvalue weighted by Gasteiger charge is -2.19. The second kappa shape index (κ2) is 7.45. The van der Waals surface area contributed by atoms with E-state index in [1.807, 2.05) is 6.07 Å². The summed E-state index contributed by atoms with van der Waals surface area (Å²) in [5, 5.41) is 5.69. The smallest absolute Gasteiger partial charge is 0.0894 e. The van der Waals surface area contributed by atoms with Gasteiger partial charge in [0.15, 0.2) is 0 Å². The molecule has 0 aliphatic carbocycles. The number of hydrogen-bond donors (Lipinski definition) is 2. The van der Waals surface area contributed by atoms with Crippen LogP contribution in [0.25, 0.3) is 0 Å². The molecule has 0 radical (unpaired) electrons. The molecule has 5 nitrogen and oxygen atoms in total. The Morgan fingerprint density at radius 3 is 2.67 bits per heavy atom. The molecule has 21 heavy (non-hydrogen) atoms. The molecule has 0 saturated carbocycles. The minimum Gasteiger partial charge on any atom is -0.383 e. The third-order valence-corrected chi connectivity index (χ3v) is 4.09. The van der Waals surface area contributed by atoms with E-state index in [2.05, 4.69) is 10.5 Å². The molecule has 3 N–H and O–H groups in total. The van der Waals surface area contributed by atoms with Crippen LogP contribution in [-0.4, -0.2) is 23.5 Å². The maximum Gasteiger partial charge on any atom is 0.0894 e. The van der Waals surface area contributed by atoms with Crippen LogP contribution in [0, 0.1) is 0 Å². The highest BCUT2D eigenvalue weighted by molar-refractivity contribution is 6.42. The van der Waals surface area contributed by atoms with E-state index < -0.39 is 0 Å². The monoisotopic (exact) mass is 348 g/mol. The fraction of sp³-hybridized carbons (Fsp3) is 0.308. The number of aromatic nitrogens is 2. The molecule has 1 aromatic carbocycles. The zero-order valence-corrected chi connectivity index (χ0v) is 13.6. The van der Waals surface area contributed by atoms with Crippen molar-refractivity contribution in [2.45, 2.75) is 12.6 Å². The number of methoxy groups -OCH3 is 1. The van der Waals surface area contributed by atoms with Crippen molar-refractivity contribution in [3.8, 4) is 0 Å². The SMILES string of the molecule is COCCn1ncc(Cl)c1C(NN)c1ccc(Cl)c(Cl)c1. The second-order valence-corrected chi connectivity index (χ2v) is 5.59. The van der Waals surface area contributed by atoms with Gasteiger partial charge in [-0.25, -0.2) is 5.43 Å². The highest BCUT2D eigenvalue weighted by Gasteiger charge is 2.21. The van der Waals surface area contributed by atoms with Gasteiger partial charge in [0.25, 0.3) is 0 Å². The zero-order chi connectivity index (χ0) is 15.4. The first kappa shape index (κ1) is 16.5. The summed E-state index contributed by atoms with van der Waals surface area (Å²) >= 11 is 18.2. The molecule has 2 aromatic rings. The molecule has 2 rings (SSSR count). The van der Waals surface area contributed by atoms with Gasteiger partial charge in [0.1, 0.15) is 0 Å². The number of nitrogens with two attached hydrogens (primary N) is 1. The summed E-state index contributed by atoms with van der Waals surface area (Å²) < 4.78 is 6.82. The Bertz CT molecular complexity index is 617. The molecule has 0 bridgehead atoms. The topological polar surface area (TPSA) is 65.1 Å². The van der Waals surface area contributed by atoms with Gasteiger partial charge in [-0.05, 0) is 17.7 Å². The lowest BCUT2D eigenvalue weighted by Crippen LogP contribution is -2.31. The highest BCUT2D eigenvalue weighted by Crippen LogP contribution is 2.31. The number of nitrogens with zero attached hydrogens (tertiary/aromatic N) is 2. The van der Waals surface area contributed by atoms with Crippen LogP contribution in [0.15, 0.2) is 24.4 Å². The largest absolute Gasteiger partial charge is 0.383 e. The van der Waals surface area contributed by atoms with E-state index in [0.29, 0.717) is 28.2 Å².